The molecule has 0 saturated heterocycles. The fraction of sp³-hybridized carbons (Fsp3) is 0.462. The van der Waals surface area contributed by atoms with Gasteiger partial charge in [0.05, 0.1) is 17.1 Å². The highest BCUT2D eigenvalue weighted by molar-refractivity contribution is 6.32. The smallest absolute Gasteiger partial charge is 0.338 e. The summed E-state index contributed by atoms with van der Waals surface area (Å²) in [6.45, 7) is 4.49. The van der Waals surface area contributed by atoms with E-state index in [1.165, 1.54) is 12.1 Å². The van der Waals surface area contributed by atoms with E-state index in [-0.39, 0.29) is 16.3 Å². The lowest BCUT2D eigenvalue weighted by Crippen LogP contribution is -2.07. The van der Waals surface area contributed by atoms with E-state index in [0.717, 1.165) is 18.9 Å². The number of hydrogen-bond acceptors (Lipinski definition) is 4. The molecule has 0 aliphatic heterocycles. The Labute approximate surface area is 116 Å². The van der Waals surface area contributed by atoms with Crippen LogP contribution in [-0.4, -0.2) is 17.5 Å². The van der Waals surface area contributed by atoms with Crippen molar-refractivity contribution in [1.82, 2.24) is 0 Å². The first kappa shape index (κ1) is 15.4. The maximum Gasteiger partial charge on any atom is 0.338 e. The number of hydrogen-bond donors (Lipinski definition) is 0. The molecule has 1 rings (SSSR count). The van der Waals surface area contributed by atoms with E-state index in [9.17, 15) is 14.9 Å². The maximum absolute atomic E-state index is 11.7. The standard InChI is InChI=1S/C13H16ClNO4/c1-9(2)4-3-7-19-13(16)10-5-6-11(14)12(8-10)15(17)18/h5-6,8-9H,3-4,7H2,1-2H3. The van der Waals surface area contributed by atoms with Gasteiger partial charge < -0.3 is 4.74 Å². The quantitative estimate of drug-likeness (QED) is 0.344. The summed E-state index contributed by atoms with van der Waals surface area (Å²) in [6.07, 6.45) is 1.74. The minimum Gasteiger partial charge on any atom is -0.462 e. The second-order valence-corrected chi connectivity index (χ2v) is 5.00. The number of ether oxygens (including phenoxy) is 1. The molecule has 0 saturated carbocycles. The van der Waals surface area contributed by atoms with Crippen molar-refractivity contribution < 1.29 is 14.5 Å². The minimum absolute atomic E-state index is 0.00126. The van der Waals surface area contributed by atoms with E-state index < -0.39 is 10.9 Å². The highest BCUT2D eigenvalue weighted by Gasteiger charge is 2.16. The van der Waals surface area contributed by atoms with Crippen LogP contribution in [0.3, 0.4) is 0 Å². The Morgan fingerprint density at radius 1 is 1.47 bits per heavy atom. The van der Waals surface area contributed by atoms with E-state index in [1.54, 1.807) is 0 Å². The van der Waals surface area contributed by atoms with Crippen LogP contribution in [0.1, 0.15) is 37.0 Å². The van der Waals surface area contributed by atoms with Crippen LogP contribution in [0.4, 0.5) is 5.69 Å². The molecule has 6 heteroatoms. The molecule has 1 aromatic carbocycles. The van der Waals surface area contributed by atoms with Gasteiger partial charge in [0.1, 0.15) is 5.02 Å². The fourth-order valence-electron chi connectivity index (χ4n) is 1.52. The van der Waals surface area contributed by atoms with E-state index in [1.807, 2.05) is 0 Å². The predicted octanol–water partition coefficient (Wildman–Crippen LogP) is 3.84. The summed E-state index contributed by atoms with van der Waals surface area (Å²) in [6, 6.07) is 3.87. The van der Waals surface area contributed by atoms with Crippen LogP contribution < -0.4 is 0 Å². The number of carbonyl (C=O) groups is 1. The maximum atomic E-state index is 11.7. The average molecular weight is 286 g/mol. The Morgan fingerprint density at radius 2 is 2.16 bits per heavy atom. The van der Waals surface area contributed by atoms with Crippen molar-refractivity contribution in [3.8, 4) is 0 Å². The van der Waals surface area contributed by atoms with E-state index >= 15 is 0 Å². The summed E-state index contributed by atoms with van der Waals surface area (Å²) in [5.74, 6) is -0.0150. The van der Waals surface area contributed by atoms with Crippen molar-refractivity contribution >= 4 is 23.3 Å². The van der Waals surface area contributed by atoms with Crippen molar-refractivity contribution in [3.05, 3.63) is 38.9 Å². The lowest BCUT2D eigenvalue weighted by molar-refractivity contribution is -0.384. The third-order valence-corrected chi connectivity index (χ3v) is 2.86. The van der Waals surface area contributed by atoms with Gasteiger partial charge in [0.15, 0.2) is 0 Å². The molecular formula is C13H16ClNO4. The Balaban J connectivity index is 2.62. The van der Waals surface area contributed by atoms with Gasteiger partial charge in [-0.05, 0) is 30.9 Å². The first-order valence-corrected chi connectivity index (χ1v) is 6.40. The van der Waals surface area contributed by atoms with Crippen LogP contribution >= 0.6 is 11.6 Å². The second-order valence-electron chi connectivity index (χ2n) is 4.60. The number of nitro groups is 1. The summed E-state index contributed by atoms with van der Waals surface area (Å²) in [5, 5.41) is 10.7. The van der Waals surface area contributed by atoms with Gasteiger partial charge in [-0.25, -0.2) is 4.79 Å². The van der Waals surface area contributed by atoms with E-state index in [2.05, 4.69) is 13.8 Å². The molecular weight excluding hydrogens is 270 g/mol. The summed E-state index contributed by atoms with van der Waals surface area (Å²) in [7, 11) is 0. The van der Waals surface area contributed by atoms with Gasteiger partial charge in [-0.1, -0.05) is 25.4 Å². The molecule has 0 aliphatic rings. The molecule has 0 spiro atoms. The third-order valence-electron chi connectivity index (χ3n) is 2.54. The molecule has 0 aliphatic carbocycles. The molecule has 0 heterocycles. The van der Waals surface area contributed by atoms with Gasteiger partial charge in [0.2, 0.25) is 0 Å². The predicted molar refractivity (Wildman–Crippen MR) is 72.5 cm³/mol. The number of carbonyl (C=O) groups excluding carboxylic acids is 1. The monoisotopic (exact) mass is 285 g/mol. The van der Waals surface area contributed by atoms with Gasteiger partial charge in [-0.15, -0.1) is 0 Å². The summed E-state index contributed by atoms with van der Waals surface area (Å²) in [4.78, 5) is 21.8. The second kappa shape index (κ2) is 7.09. The molecule has 0 fully saturated rings. The SMILES string of the molecule is CC(C)CCCOC(=O)c1ccc(Cl)c([N+](=O)[O-])c1. The van der Waals surface area contributed by atoms with Crippen molar-refractivity contribution in [3.63, 3.8) is 0 Å². The first-order valence-electron chi connectivity index (χ1n) is 6.03. The van der Waals surface area contributed by atoms with Crippen molar-refractivity contribution in [2.75, 3.05) is 6.61 Å². The Kier molecular flexibility index (Phi) is 5.76. The number of nitrogens with zero attached hydrogens (tertiary/aromatic N) is 1. The highest BCUT2D eigenvalue weighted by atomic mass is 35.5. The van der Waals surface area contributed by atoms with Gasteiger partial charge in [0, 0.05) is 6.07 Å². The molecule has 0 unspecified atom stereocenters. The molecule has 0 amide bonds. The lowest BCUT2D eigenvalue weighted by Gasteiger charge is -2.06. The molecule has 0 aromatic heterocycles. The van der Waals surface area contributed by atoms with Crippen LogP contribution in [-0.2, 0) is 4.74 Å². The minimum atomic E-state index is -0.627. The molecule has 0 atom stereocenters. The summed E-state index contributed by atoms with van der Waals surface area (Å²) >= 11 is 5.66. The van der Waals surface area contributed by atoms with E-state index in [4.69, 9.17) is 16.3 Å². The molecule has 1 aromatic rings. The molecule has 19 heavy (non-hydrogen) atoms. The number of benzene rings is 1. The topological polar surface area (TPSA) is 69.4 Å². The Bertz CT molecular complexity index is 474. The molecule has 5 nitrogen and oxygen atoms in total. The average Bonchev–Trinajstić information content (AvgIpc) is 2.34. The number of rotatable bonds is 6. The molecule has 0 N–H and O–H groups in total. The van der Waals surface area contributed by atoms with Crippen LogP contribution in [0.15, 0.2) is 18.2 Å². The number of esters is 1. The zero-order chi connectivity index (χ0) is 14.4. The lowest BCUT2D eigenvalue weighted by atomic mass is 10.1. The van der Waals surface area contributed by atoms with Crippen LogP contribution in [0.25, 0.3) is 0 Å². The third kappa shape index (κ3) is 4.87. The Hall–Kier alpha value is -1.62. The van der Waals surface area contributed by atoms with Crippen LogP contribution in [0.5, 0.6) is 0 Å². The van der Waals surface area contributed by atoms with Crippen molar-refractivity contribution in [1.29, 1.82) is 0 Å². The number of halogens is 1. The van der Waals surface area contributed by atoms with E-state index in [0.29, 0.717) is 12.5 Å². The number of nitro benzene ring substituents is 1. The zero-order valence-electron chi connectivity index (χ0n) is 10.9. The van der Waals surface area contributed by atoms with Gasteiger partial charge in [-0.2, -0.15) is 0 Å². The molecule has 0 radical (unpaired) electrons. The van der Waals surface area contributed by atoms with Crippen LogP contribution in [0.2, 0.25) is 5.02 Å². The first-order chi connectivity index (χ1) is 8.91. The van der Waals surface area contributed by atoms with Crippen molar-refractivity contribution in [2.45, 2.75) is 26.7 Å². The fourth-order valence-corrected chi connectivity index (χ4v) is 1.71. The zero-order valence-corrected chi connectivity index (χ0v) is 11.6. The molecule has 104 valence electrons. The van der Waals surface area contributed by atoms with Gasteiger partial charge >= 0.3 is 5.97 Å². The van der Waals surface area contributed by atoms with Gasteiger partial charge in [-0.3, -0.25) is 10.1 Å². The van der Waals surface area contributed by atoms with Crippen molar-refractivity contribution in [2.24, 2.45) is 5.92 Å². The summed E-state index contributed by atoms with van der Waals surface area (Å²) in [5.41, 5.74) is -0.154. The largest absolute Gasteiger partial charge is 0.462 e. The van der Waals surface area contributed by atoms with Gasteiger partial charge in [0.25, 0.3) is 5.69 Å². The summed E-state index contributed by atoms with van der Waals surface area (Å²) < 4.78 is 5.05. The Morgan fingerprint density at radius 3 is 2.74 bits per heavy atom. The normalized spacial score (nSPS) is 10.5. The highest BCUT2D eigenvalue weighted by Crippen LogP contribution is 2.25. The molecule has 0 bridgehead atoms. The van der Waals surface area contributed by atoms with Crippen LogP contribution in [0, 0.1) is 16.0 Å².